The molecular formula is C42H65N7O9S. The predicted molar refractivity (Wildman–Crippen MR) is 223 cm³/mol. The number of piperidine rings is 1. The fourth-order valence-corrected chi connectivity index (χ4v) is 9.40. The van der Waals surface area contributed by atoms with E-state index in [1.165, 1.54) is 18.0 Å². The maximum Gasteiger partial charge on any atom is 0.424 e. The molecule has 1 unspecified atom stereocenters. The second-order valence-electron chi connectivity index (χ2n) is 17.8. The quantitative estimate of drug-likeness (QED) is 0.125. The largest absolute Gasteiger partial charge is 0.444 e. The van der Waals surface area contributed by atoms with Crippen LogP contribution in [0.2, 0.25) is 0 Å². The summed E-state index contributed by atoms with van der Waals surface area (Å²) < 4.78 is 33.8. The molecule has 16 nitrogen and oxygen atoms in total. The molecule has 6 amide bonds. The molecule has 59 heavy (non-hydrogen) atoms. The van der Waals surface area contributed by atoms with E-state index in [4.69, 9.17) is 4.74 Å². The summed E-state index contributed by atoms with van der Waals surface area (Å²) in [5.74, 6) is -2.90. The minimum atomic E-state index is -4.38. The van der Waals surface area contributed by atoms with Crippen molar-refractivity contribution in [1.82, 2.24) is 34.8 Å². The van der Waals surface area contributed by atoms with E-state index in [0.29, 0.717) is 35.7 Å². The van der Waals surface area contributed by atoms with Gasteiger partial charge in [0.15, 0.2) is 0 Å². The first-order valence-corrected chi connectivity index (χ1v) is 22.1. The van der Waals surface area contributed by atoms with Crippen LogP contribution in [0.15, 0.2) is 43.0 Å². The molecule has 2 saturated carbocycles. The Morgan fingerprint density at radius 2 is 1.64 bits per heavy atom. The number of hydrogen-bond acceptors (Lipinski definition) is 9. The number of ether oxygens (including phenoxy) is 1. The van der Waals surface area contributed by atoms with Crippen molar-refractivity contribution in [1.29, 1.82) is 0 Å². The van der Waals surface area contributed by atoms with Crippen molar-refractivity contribution in [3.8, 4) is 0 Å². The third-order valence-electron chi connectivity index (χ3n) is 12.3. The van der Waals surface area contributed by atoms with Gasteiger partial charge in [-0.05, 0) is 53.4 Å². The highest BCUT2D eigenvalue weighted by Gasteiger charge is 2.69. The summed E-state index contributed by atoms with van der Waals surface area (Å²) >= 11 is 0. The van der Waals surface area contributed by atoms with Crippen molar-refractivity contribution in [3.05, 3.63) is 48.6 Å². The smallest absolute Gasteiger partial charge is 0.424 e. The van der Waals surface area contributed by atoms with Crippen molar-refractivity contribution in [3.63, 3.8) is 0 Å². The molecule has 3 fully saturated rings. The summed E-state index contributed by atoms with van der Waals surface area (Å²) in [5.41, 5.74) is -0.234. The van der Waals surface area contributed by atoms with Crippen LogP contribution >= 0.6 is 0 Å². The zero-order valence-electron chi connectivity index (χ0n) is 35.9. The number of nitrogens with zero attached hydrogens (tertiary/aromatic N) is 3. The topological polar surface area (TPSA) is 204 Å². The number of nitrogens with one attached hydrogen (secondary N) is 4. The van der Waals surface area contributed by atoms with Crippen molar-refractivity contribution in [2.24, 2.45) is 28.6 Å². The first kappa shape index (κ1) is 47.2. The van der Waals surface area contributed by atoms with E-state index in [1.54, 1.807) is 24.3 Å². The van der Waals surface area contributed by atoms with Gasteiger partial charge in [-0.15, -0.1) is 6.58 Å². The van der Waals surface area contributed by atoms with Gasteiger partial charge < -0.3 is 30.9 Å². The average Bonchev–Trinajstić information content (AvgIpc) is 3.49. The van der Waals surface area contributed by atoms with Crippen LogP contribution < -0.4 is 21.3 Å². The molecule has 1 heterocycles. The zero-order valence-corrected chi connectivity index (χ0v) is 36.7. The second-order valence-corrected chi connectivity index (χ2v) is 19.9. The number of carbonyl (C=O) groups excluding carboxylic acids is 6. The molecule has 0 bridgehead atoms. The summed E-state index contributed by atoms with van der Waals surface area (Å²) in [6.45, 7) is 15.0. The maximum atomic E-state index is 14.7. The van der Waals surface area contributed by atoms with Gasteiger partial charge >= 0.3 is 22.3 Å². The van der Waals surface area contributed by atoms with Gasteiger partial charge in [-0.2, -0.15) is 17.0 Å². The Morgan fingerprint density at radius 1 is 1.00 bits per heavy atom. The van der Waals surface area contributed by atoms with Gasteiger partial charge in [0.05, 0.1) is 6.04 Å². The predicted octanol–water partition coefficient (Wildman–Crippen LogP) is 3.73. The van der Waals surface area contributed by atoms with Crippen LogP contribution in [-0.4, -0.2) is 115 Å². The van der Waals surface area contributed by atoms with Gasteiger partial charge in [0, 0.05) is 39.8 Å². The molecule has 328 valence electrons. The number of rotatable bonds is 18. The number of likely N-dealkylation sites (N-methyl/N-ethyl adjacent to an activating group) is 1. The molecule has 0 spiro atoms. The van der Waals surface area contributed by atoms with Crippen LogP contribution in [0.25, 0.3) is 0 Å². The zero-order chi connectivity index (χ0) is 43.9. The number of fused-ring (bicyclic) bond motifs is 1. The molecule has 1 aromatic carbocycles. The van der Waals surface area contributed by atoms with E-state index in [0.717, 1.165) is 30.6 Å². The molecule has 2 aliphatic carbocycles. The van der Waals surface area contributed by atoms with Gasteiger partial charge in [0.2, 0.25) is 17.6 Å². The van der Waals surface area contributed by atoms with E-state index in [1.807, 2.05) is 47.6 Å². The Bertz CT molecular complexity index is 1810. The van der Waals surface area contributed by atoms with Crippen LogP contribution in [0.4, 0.5) is 9.59 Å². The van der Waals surface area contributed by atoms with Crippen molar-refractivity contribution in [2.75, 3.05) is 33.7 Å². The Labute approximate surface area is 349 Å². The number of likely N-dealkylation sites (tertiary alicyclic amines) is 1. The standard InChI is InChI=1S/C42H65N7O9S/c1-10-18-30(35(50)37(52)43-23-11-2)44-36(51)34-32-29(42(32,6)7)24-49(34)38(53)33(28-21-16-13-17-22-28)46-39(54)45-31(41(3,4)5)25-47(8)59(56,57)48(9)40(55)58-26-27-19-14-12-15-20-27/h11-12,14-15,19-20,28-34H,2,10,13,16-18,21-26H2,1,3-9H3,(H,43,52)(H,44,51)(H2,45,46,54)/t29-,30?,31+,32-,33-,34-/m0/s1. The molecule has 0 aromatic heterocycles. The summed E-state index contributed by atoms with van der Waals surface area (Å²) in [6.07, 6.45) is 5.23. The van der Waals surface area contributed by atoms with E-state index in [9.17, 15) is 37.2 Å². The first-order chi connectivity index (χ1) is 27.7. The SMILES string of the molecule is C=CCNC(=O)C(=O)C(CCC)NC(=O)[C@@H]1[C@@H]2[C@H](CN1C(=O)[C@@H](NC(=O)N[C@H](CN(C)S(=O)(=O)N(C)C(=O)OCc1ccccc1)C(C)(C)C)C1CCCCC1)C2(C)C. The van der Waals surface area contributed by atoms with Crippen LogP contribution in [0.1, 0.15) is 92.1 Å². The number of benzene rings is 1. The highest BCUT2D eigenvalue weighted by molar-refractivity contribution is 7.87. The van der Waals surface area contributed by atoms with Gasteiger partial charge in [0.25, 0.3) is 5.91 Å². The lowest BCUT2D eigenvalue weighted by Crippen LogP contribution is -2.62. The lowest BCUT2D eigenvalue weighted by atomic mass is 9.83. The normalized spacial score (nSPS) is 21.6. The highest BCUT2D eigenvalue weighted by Crippen LogP contribution is 2.65. The molecule has 6 atom stereocenters. The summed E-state index contributed by atoms with van der Waals surface area (Å²) in [5, 5.41) is 11.1. The van der Waals surface area contributed by atoms with Gasteiger partial charge in [0.1, 0.15) is 18.7 Å². The molecule has 17 heteroatoms. The minimum Gasteiger partial charge on any atom is -0.444 e. The van der Waals surface area contributed by atoms with E-state index >= 15 is 0 Å². The summed E-state index contributed by atoms with van der Waals surface area (Å²) in [4.78, 5) is 82.9. The third-order valence-corrected chi connectivity index (χ3v) is 14.0. The third kappa shape index (κ3) is 11.4. The van der Waals surface area contributed by atoms with Gasteiger partial charge in [-0.3, -0.25) is 19.2 Å². The number of urea groups is 1. The highest BCUT2D eigenvalue weighted by atomic mass is 32.2. The Balaban J connectivity index is 1.51. The number of Topliss-reactive ketones (excluding diaryl/α,β-unsaturated/α-hetero) is 1. The summed E-state index contributed by atoms with van der Waals surface area (Å²) in [7, 11) is -1.97. The maximum absolute atomic E-state index is 14.7. The molecule has 1 aliphatic heterocycles. The Kier molecular flexibility index (Phi) is 15.8. The first-order valence-electron chi connectivity index (χ1n) is 20.7. The van der Waals surface area contributed by atoms with E-state index in [-0.39, 0.29) is 49.3 Å². The van der Waals surface area contributed by atoms with Crippen molar-refractivity contribution >= 4 is 45.8 Å². The van der Waals surface area contributed by atoms with Crippen LogP contribution in [0.3, 0.4) is 0 Å². The molecule has 1 saturated heterocycles. The Morgan fingerprint density at radius 3 is 2.24 bits per heavy atom. The fourth-order valence-electron chi connectivity index (χ4n) is 8.41. The Hall–Kier alpha value is -4.51. The molecular weight excluding hydrogens is 779 g/mol. The van der Waals surface area contributed by atoms with Gasteiger partial charge in [-0.1, -0.05) is 104 Å². The summed E-state index contributed by atoms with van der Waals surface area (Å²) in [6, 6.07) is 4.40. The van der Waals surface area contributed by atoms with Crippen LogP contribution in [-0.2, 0) is 40.7 Å². The van der Waals surface area contributed by atoms with E-state index in [2.05, 4.69) is 27.8 Å². The lowest BCUT2D eigenvalue weighted by Gasteiger charge is -2.38. The van der Waals surface area contributed by atoms with Gasteiger partial charge in [-0.25, -0.2) is 9.59 Å². The van der Waals surface area contributed by atoms with Crippen molar-refractivity contribution in [2.45, 2.75) is 117 Å². The second kappa shape index (κ2) is 19.7. The van der Waals surface area contributed by atoms with Crippen LogP contribution in [0, 0.1) is 28.6 Å². The lowest BCUT2D eigenvalue weighted by molar-refractivity contribution is -0.144. The molecule has 0 radical (unpaired) electrons. The number of hydrogen-bond donors (Lipinski definition) is 4. The number of carbonyl (C=O) groups is 6. The van der Waals surface area contributed by atoms with Crippen LogP contribution in [0.5, 0.6) is 0 Å². The minimum absolute atomic E-state index is 0.0238. The molecule has 3 aliphatic rings. The average molecular weight is 844 g/mol. The van der Waals surface area contributed by atoms with E-state index < -0.39 is 75.4 Å². The van der Waals surface area contributed by atoms with Crippen molar-refractivity contribution < 1.29 is 41.9 Å². The monoisotopic (exact) mass is 843 g/mol. The number of ketones is 1. The number of amides is 6. The fraction of sp³-hybridized carbons (Fsp3) is 0.667. The molecule has 4 rings (SSSR count). The molecule has 4 N–H and O–H groups in total. The molecule has 1 aromatic rings.